The van der Waals surface area contributed by atoms with Crippen LogP contribution in [0.3, 0.4) is 0 Å². The molecule has 1 aliphatic heterocycles. The maximum absolute atomic E-state index is 12.6. The maximum Gasteiger partial charge on any atom is 0.255 e. The van der Waals surface area contributed by atoms with Crippen LogP contribution >= 0.6 is 12.4 Å². The number of piperazine rings is 1. The second kappa shape index (κ2) is 10.9. The first kappa shape index (κ1) is 21.2. The molecule has 0 atom stereocenters. The fraction of sp³-hybridized carbons (Fsp3) is 0.381. The van der Waals surface area contributed by atoms with E-state index in [1.165, 1.54) is 5.56 Å². The summed E-state index contributed by atoms with van der Waals surface area (Å²) in [6.07, 6.45) is 0. The zero-order chi connectivity index (χ0) is 18.2. The van der Waals surface area contributed by atoms with Gasteiger partial charge in [0.15, 0.2) is 0 Å². The van der Waals surface area contributed by atoms with Gasteiger partial charge in [-0.05, 0) is 30.2 Å². The Kier molecular flexibility index (Phi) is 8.58. The number of benzene rings is 2. The van der Waals surface area contributed by atoms with Crippen LogP contribution in [0.4, 0.5) is 0 Å². The van der Waals surface area contributed by atoms with Crippen LogP contribution in [-0.2, 0) is 6.61 Å². The SMILES string of the molecule is Cc1ccccc1COc1ccccc1C(=O)NCCN1CCNCC1.Cl. The van der Waals surface area contributed by atoms with E-state index >= 15 is 0 Å². The molecule has 0 spiro atoms. The lowest BCUT2D eigenvalue weighted by Crippen LogP contribution is -2.46. The minimum absolute atomic E-state index is 0. The Morgan fingerprint density at radius 3 is 2.59 bits per heavy atom. The lowest BCUT2D eigenvalue weighted by Gasteiger charge is -2.27. The van der Waals surface area contributed by atoms with E-state index < -0.39 is 0 Å². The summed E-state index contributed by atoms with van der Waals surface area (Å²) in [5.41, 5.74) is 2.90. The molecule has 0 aromatic heterocycles. The van der Waals surface area contributed by atoms with Crippen molar-refractivity contribution in [3.63, 3.8) is 0 Å². The van der Waals surface area contributed by atoms with E-state index in [1.54, 1.807) is 0 Å². The minimum atomic E-state index is -0.0829. The summed E-state index contributed by atoms with van der Waals surface area (Å²) in [6.45, 7) is 8.14. The number of para-hydroxylation sites is 1. The summed E-state index contributed by atoms with van der Waals surface area (Å²) in [5.74, 6) is 0.538. The Morgan fingerprint density at radius 1 is 1.11 bits per heavy atom. The molecular formula is C21H28ClN3O2. The normalized spacial score (nSPS) is 14.3. The molecule has 6 heteroatoms. The van der Waals surface area contributed by atoms with Gasteiger partial charge in [-0.2, -0.15) is 0 Å². The second-order valence-electron chi connectivity index (χ2n) is 6.56. The second-order valence-corrected chi connectivity index (χ2v) is 6.56. The van der Waals surface area contributed by atoms with Crippen LogP contribution in [-0.4, -0.2) is 50.1 Å². The van der Waals surface area contributed by atoms with Crippen molar-refractivity contribution >= 4 is 18.3 Å². The van der Waals surface area contributed by atoms with Crippen LogP contribution in [0.1, 0.15) is 21.5 Å². The van der Waals surface area contributed by atoms with Crippen molar-refractivity contribution in [2.75, 3.05) is 39.3 Å². The van der Waals surface area contributed by atoms with Crippen molar-refractivity contribution < 1.29 is 9.53 Å². The van der Waals surface area contributed by atoms with Gasteiger partial charge in [0.1, 0.15) is 12.4 Å². The van der Waals surface area contributed by atoms with Crippen LogP contribution < -0.4 is 15.4 Å². The molecule has 2 aromatic rings. The number of nitrogens with zero attached hydrogens (tertiary/aromatic N) is 1. The van der Waals surface area contributed by atoms with E-state index in [4.69, 9.17) is 4.74 Å². The Morgan fingerprint density at radius 2 is 1.81 bits per heavy atom. The van der Waals surface area contributed by atoms with Crippen LogP contribution in [0.15, 0.2) is 48.5 Å². The number of halogens is 1. The van der Waals surface area contributed by atoms with E-state index in [1.807, 2.05) is 42.5 Å². The van der Waals surface area contributed by atoms with Crippen LogP contribution in [0.5, 0.6) is 5.75 Å². The third-order valence-corrected chi connectivity index (χ3v) is 4.70. The summed E-state index contributed by atoms with van der Waals surface area (Å²) in [6, 6.07) is 15.5. The number of carbonyl (C=O) groups excluding carboxylic acids is 1. The summed E-state index contributed by atoms with van der Waals surface area (Å²) < 4.78 is 5.94. The standard InChI is InChI=1S/C21H27N3O2.ClH/c1-17-6-2-3-7-18(17)16-26-20-9-5-4-8-19(20)21(25)23-12-15-24-13-10-22-11-14-24;/h2-9,22H,10-16H2,1H3,(H,23,25);1H. The molecule has 146 valence electrons. The van der Waals surface area contributed by atoms with Crippen LogP contribution in [0.2, 0.25) is 0 Å². The zero-order valence-electron chi connectivity index (χ0n) is 15.7. The molecule has 3 rings (SSSR count). The molecule has 1 fully saturated rings. The first-order chi connectivity index (χ1) is 12.7. The Hall–Kier alpha value is -2.08. The van der Waals surface area contributed by atoms with Gasteiger partial charge < -0.3 is 15.4 Å². The van der Waals surface area contributed by atoms with Gasteiger partial charge in [-0.3, -0.25) is 9.69 Å². The third-order valence-electron chi connectivity index (χ3n) is 4.70. The Labute approximate surface area is 167 Å². The van der Waals surface area contributed by atoms with Gasteiger partial charge in [0, 0.05) is 39.3 Å². The van der Waals surface area contributed by atoms with Crippen molar-refractivity contribution in [2.45, 2.75) is 13.5 Å². The predicted molar refractivity (Wildman–Crippen MR) is 111 cm³/mol. The average Bonchev–Trinajstić information content (AvgIpc) is 2.68. The molecule has 0 radical (unpaired) electrons. The highest BCUT2D eigenvalue weighted by molar-refractivity contribution is 5.96. The number of aryl methyl sites for hydroxylation is 1. The van der Waals surface area contributed by atoms with Crippen molar-refractivity contribution in [3.8, 4) is 5.75 Å². The van der Waals surface area contributed by atoms with Crippen molar-refractivity contribution in [3.05, 3.63) is 65.2 Å². The highest BCUT2D eigenvalue weighted by Crippen LogP contribution is 2.20. The number of carbonyl (C=O) groups is 1. The monoisotopic (exact) mass is 389 g/mol. The zero-order valence-corrected chi connectivity index (χ0v) is 16.6. The first-order valence-electron chi connectivity index (χ1n) is 9.21. The van der Waals surface area contributed by atoms with E-state index in [0.717, 1.165) is 38.3 Å². The van der Waals surface area contributed by atoms with Gasteiger partial charge in [-0.15, -0.1) is 12.4 Å². The lowest BCUT2D eigenvalue weighted by molar-refractivity contribution is 0.0942. The van der Waals surface area contributed by atoms with Gasteiger partial charge in [-0.1, -0.05) is 36.4 Å². The fourth-order valence-corrected chi connectivity index (χ4v) is 3.07. The summed E-state index contributed by atoms with van der Waals surface area (Å²) in [7, 11) is 0. The molecule has 1 amide bonds. The molecule has 0 unspecified atom stereocenters. The molecule has 2 N–H and O–H groups in total. The molecule has 0 bridgehead atoms. The van der Waals surface area contributed by atoms with E-state index in [0.29, 0.717) is 24.5 Å². The van der Waals surface area contributed by atoms with Gasteiger partial charge in [0.2, 0.25) is 0 Å². The molecular weight excluding hydrogens is 362 g/mol. The van der Waals surface area contributed by atoms with E-state index in [-0.39, 0.29) is 18.3 Å². The summed E-state index contributed by atoms with van der Waals surface area (Å²) in [5, 5.41) is 6.35. The van der Waals surface area contributed by atoms with Crippen LogP contribution in [0, 0.1) is 6.92 Å². The van der Waals surface area contributed by atoms with Gasteiger partial charge in [0.05, 0.1) is 5.56 Å². The summed E-state index contributed by atoms with van der Waals surface area (Å²) >= 11 is 0. The largest absolute Gasteiger partial charge is 0.488 e. The van der Waals surface area contributed by atoms with Crippen molar-refractivity contribution in [1.82, 2.24) is 15.5 Å². The quantitative estimate of drug-likeness (QED) is 0.764. The molecule has 2 aromatic carbocycles. The topological polar surface area (TPSA) is 53.6 Å². The van der Waals surface area contributed by atoms with E-state index in [2.05, 4.69) is 28.5 Å². The Balaban J connectivity index is 0.00000261. The minimum Gasteiger partial charge on any atom is -0.488 e. The van der Waals surface area contributed by atoms with Crippen LogP contribution in [0.25, 0.3) is 0 Å². The van der Waals surface area contributed by atoms with Crippen molar-refractivity contribution in [1.29, 1.82) is 0 Å². The number of rotatable bonds is 7. The number of hydrogen-bond acceptors (Lipinski definition) is 4. The maximum atomic E-state index is 12.6. The lowest BCUT2D eigenvalue weighted by atomic mass is 10.1. The van der Waals surface area contributed by atoms with Gasteiger partial charge in [-0.25, -0.2) is 0 Å². The fourth-order valence-electron chi connectivity index (χ4n) is 3.07. The molecule has 1 aliphatic rings. The molecule has 1 saturated heterocycles. The van der Waals surface area contributed by atoms with E-state index in [9.17, 15) is 4.79 Å². The summed E-state index contributed by atoms with van der Waals surface area (Å²) in [4.78, 5) is 14.9. The highest BCUT2D eigenvalue weighted by Gasteiger charge is 2.14. The smallest absolute Gasteiger partial charge is 0.255 e. The average molecular weight is 390 g/mol. The third kappa shape index (κ3) is 6.24. The van der Waals surface area contributed by atoms with Gasteiger partial charge in [0.25, 0.3) is 5.91 Å². The molecule has 27 heavy (non-hydrogen) atoms. The van der Waals surface area contributed by atoms with Crippen molar-refractivity contribution in [2.24, 2.45) is 0 Å². The molecule has 0 aliphatic carbocycles. The molecule has 1 heterocycles. The first-order valence-corrected chi connectivity index (χ1v) is 9.21. The highest BCUT2D eigenvalue weighted by atomic mass is 35.5. The predicted octanol–water partition coefficient (Wildman–Crippen LogP) is 2.63. The number of nitrogens with one attached hydrogen (secondary N) is 2. The number of ether oxygens (including phenoxy) is 1. The number of hydrogen-bond donors (Lipinski definition) is 2. The number of amides is 1. The molecule has 5 nitrogen and oxygen atoms in total. The van der Waals surface area contributed by atoms with Gasteiger partial charge >= 0.3 is 0 Å². The molecule has 0 saturated carbocycles. The Bertz CT molecular complexity index is 733.